The van der Waals surface area contributed by atoms with Crippen LogP contribution in [-0.4, -0.2) is 39.6 Å². The van der Waals surface area contributed by atoms with Crippen LogP contribution in [0.4, 0.5) is 11.6 Å². The Balaban J connectivity index is 1.90. The lowest BCUT2D eigenvalue weighted by Gasteiger charge is -2.21. The van der Waals surface area contributed by atoms with E-state index in [-0.39, 0.29) is 5.69 Å². The highest BCUT2D eigenvalue weighted by molar-refractivity contribution is 5.38. The normalized spacial score (nSPS) is 9.59. The Hall–Kier alpha value is -3.26. The fraction of sp³-hybridized carbons (Fsp3) is 0.286. The summed E-state index contributed by atoms with van der Waals surface area (Å²) in [7, 11) is 0. The van der Waals surface area contributed by atoms with Gasteiger partial charge in [-0.05, 0) is 6.92 Å². The lowest BCUT2D eigenvalue weighted by atomic mass is 10.4. The predicted molar refractivity (Wildman–Crippen MR) is 79.9 cm³/mol. The molecule has 110 valence electrons. The highest BCUT2D eigenvalue weighted by atomic mass is 15.2. The van der Waals surface area contributed by atoms with Gasteiger partial charge in [-0.25, -0.2) is 19.9 Å². The number of hydrogen-bond acceptors (Lipinski definition) is 8. The zero-order valence-corrected chi connectivity index (χ0v) is 12.1. The molecule has 0 atom stereocenters. The summed E-state index contributed by atoms with van der Waals surface area (Å²) in [5.41, 5.74) is 0.583. The summed E-state index contributed by atoms with van der Waals surface area (Å²) in [6.45, 7) is 4.11. The third-order valence-electron chi connectivity index (χ3n) is 2.91. The number of nitrogens with zero attached hydrogens (tertiary/aromatic N) is 7. The number of nitrogens with one attached hydrogen (secondary N) is 1. The van der Waals surface area contributed by atoms with Gasteiger partial charge in [-0.15, -0.1) is 0 Å². The van der Waals surface area contributed by atoms with Gasteiger partial charge in [0.05, 0.1) is 24.8 Å². The molecule has 22 heavy (non-hydrogen) atoms. The first-order valence-electron chi connectivity index (χ1n) is 6.70. The van der Waals surface area contributed by atoms with Gasteiger partial charge in [0.25, 0.3) is 0 Å². The highest BCUT2D eigenvalue weighted by Crippen LogP contribution is 2.08. The van der Waals surface area contributed by atoms with E-state index in [1.807, 2.05) is 24.0 Å². The van der Waals surface area contributed by atoms with Crippen molar-refractivity contribution in [1.82, 2.24) is 19.9 Å². The summed E-state index contributed by atoms with van der Waals surface area (Å²) < 4.78 is 0. The van der Waals surface area contributed by atoms with E-state index in [9.17, 15) is 0 Å². The van der Waals surface area contributed by atoms with Gasteiger partial charge in [0.2, 0.25) is 0 Å². The van der Waals surface area contributed by atoms with Crippen molar-refractivity contribution < 1.29 is 0 Å². The van der Waals surface area contributed by atoms with Gasteiger partial charge >= 0.3 is 0 Å². The van der Waals surface area contributed by atoms with Crippen LogP contribution in [0.15, 0.2) is 24.8 Å². The Kier molecular flexibility index (Phi) is 5.16. The second kappa shape index (κ2) is 7.50. The molecule has 0 saturated heterocycles. The lowest BCUT2D eigenvalue weighted by molar-refractivity contribution is 0.811. The van der Waals surface area contributed by atoms with Gasteiger partial charge in [0, 0.05) is 19.6 Å². The molecule has 8 heteroatoms. The Labute approximate surface area is 128 Å². The number of likely N-dealkylation sites (N-methyl/N-ethyl adjacent to an activating group) is 1. The van der Waals surface area contributed by atoms with Crippen molar-refractivity contribution in [2.24, 2.45) is 0 Å². The standard InChI is InChI=1S/C14H14N8/c1-2-22(14-10-19-12(6-16)8-21-14)4-3-17-13-9-18-11(5-15)7-20-13/h7-10H,2-4H2,1H3,(H,17,20). The first-order chi connectivity index (χ1) is 10.8. The third-order valence-corrected chi connectivity index (χ3v) is 2.91. The third kappa shape index (κ3) is 3.87. The molecule has 2 rings (SSSR count). The molecule has 2 aromatic heterocycles. The molecular formula is C14H14N8. The van der Waals surface area contributed by atoms with Crippen molar-refractivity contribution in [2.75, 3.05) is 29.9 Å². The molecule has 0 bridgehead atoms. The molecule has 0 aliphatic rings. The molecule has 1 N–H and O–H groups in total. The molecule has 2 aromatic rings. The molecule has 0 aliphatic heterocycles. The minimum atomic E-state index is 0.286. The van der Waals surface area contributed by atoms with E-state index in [4.69, 9.17) is 10.5 Å². The van der Waals surface area contributed by atoms with Crippen LogP contribution in [0.5, 0.6) is 0 Å². The number of hydrogen-bond donors (Lipinski definition) is 1. The minimum Gasteiger partial charge on any atom is -0.367 e. The fourth-order valence-corrected chi connectivity index (χ4v) is 1.77. The van der Waals surface area contributed by atoms with Gasteiger partial charge in [-0.3, -0.25) is 0 Å². The molecule has 0 radical (unpaired) electrons. The number of aromatic nitrogens is 4. The maximum atomic E-state index is 8.72. The van der Waals surface area contributed by atoms with E-state index in [0.717, 1.165) is 6.54 Å². The van der Waals surface area contributed by atoms with Crippen LogP contribution >= 0.6 is 0 Å². The molecule has 8 nitrogen and oxygen atoms in total. The monoisotopic (exact) mass is 294 g/mol. The largest absolute Gasteiger partial charge is 0.367 e. The van der Waals surface area contributed by atoms with Gasteiger partial charge in [-0.2, -0.15) is 10.5 Å². The average molecular weight is 294 g/mol. The van der Waals surface area contributed by atoms with E-state index in [0.29, 0.717) is 30.4 Å². The zero-order valence-electron chi connectivity index (χ0n) is 12.1. The lowest BCUT2D eigenvalue weighted by Crippen LogP contribution is -2.29. The smallest absolute Gasteiger partial charge is 0.158 e. The van der Waals surface area contributed by atoms with E-state index in [1.165, 1.54) is 18.6 Å². The van der Waals surface area contributed by atoms with Gasteiger partial charge < -0.3 is 10.2 Å². The molecule has 0 spiro atoms. The minimum absolute atomic E-state index is 0.286. The first kappa shape index (κ1) is 15.1. The zero-order chi connectivity index (χ0) is 15.8. The van der Waals surface area contributed by atoms with Crippen molar-refractivity contribution in [3.8, 4) is 12.1 Å². The first-order valence-corrected chi connectivity index (χ1v) is 6.70. The van der Waals surface area contributed by atoms with E-state index < -0.39 is 0 Å². The summed E-state index contributed by atoms with van der Waals surface area (Å²) >= 11 is 0. The van der Waals surface area contributed by atoms with Crippen LogP contribution < -0.4 is 10.2 Å². The number of rotatable bonds is 6. The van der Waals surface area contributed by atoms with Crippen molar-refractivity contribution in [3.05, 3.63) is 36.2 Å². The number of nitriles is 2. The van der Waals surface area contributed by atoms with Crippen LogP contribution in [0, 0.1) is 22.7 Å². The second-order valence-corrected chi connectivity index (χ2v) is 4.28. The maximum Gasteiger partial charge on any atom is 0.158 e. The number of anilines is 2. The molecule has 2 heterocycles. The van der Waals surface area contributed by atoms with E-state index in [1.54, 1.807) is 6.20 Å². The molecule has 0 unspecified atom stereocenters. The van der Waals surface area contributed by atoms with Crippen molar-refractivity contribution in [3.63, 3.8) is 0 Å². The predicted octanol–water partition coefficient (Wildman–Crippen LogP) is 0.948. The summed E-state index contributed by atoms with van der Waals surface area (Å²) in [5.74, 6) is 1.33. The quantitative estimate of drug-likeness (QED) is 0.837. The highest BCUT2D eigenvalue weighted by Gasteiger charge is 2.06. The molecule has 0 fully saturated rings. The van der Waals surface area contributed by atoms with Crippen LogP contribution in [0.3, 0.4) is 0 Å². The Morgan fingerprint density at radius 3 is 2.18 bits per heavy atom. The summed E-state index contributed by atoms with van der Waals surface area (Å²) in [4.78, 5) is 18.3. The van der Waals surface area contributed by atoms with Crippen molar-refractivity contribution in [1.29, 1.82) is 10.5 Å². The van der Waals surface area contributed by atoms with Crippen LogP contribution in [0.1, 0.15) is 18.3 Å². The van der Waals surface area contributed by atoms with Gasteiger partial charge in [-0.1, -0.05) is 0 Å². The fourth-order valence-electron chi connectivity index (χ4n) is 1.77. The molecular weight excluding hydrogens is 280 g/mol. The molecule has 0 aromatic carbocycles. The van der Waals surface area contributed by atoms with Crippen LogP contribution in [-0.2, 0) is 0 Å². The average Bonchev–Trinajstić information content (AvgIpc) is 2.59. The van der Waals surface area contributed by atoms with Gasteiger partial charge in [0.1, 0.15) is 23.8 Å². The van der Waals surface area contributed by atoms with Gasteiger partial charge in [0.15, 0.2) is 11.4 Å². The summed E-state index contributed by atoms with van der Waals surface area (Å²) in [6, 6.07) is 3.86. The Bertz CT molecular complexity index is 681. The molecule has 0 saturated carbocycles. The molecule has 0 amide bonds. The van der Waals surface area contributed by atoms with E-state index in [2.05, 4.69) is 25.3 Å². The van der Waals surface area contributed by atoms with Crippen LogP contribution in [0.2, 0.25) is 0 Å². The second-order valence-electron chi connectivity index (χ2n) is 4.28. The van der Waals surface area contributed by atoms with Crippen molar-refractivity contribution in [2.45, 2.75) is 6.92 Å². The van der Waals surface area contributed by atoms with Crippen molar-refractivity contribution >= 4 is 11.6 Å². The maximum absolute atomic E-state index is 8.72. The Morgan fingerprint density at radius 2 is 1.68 bits per heavy atom. The van der Waals surface area contributed by atoms with E-state index >= 15 is 0 Å². The summed E-state index contributed by atoms with van der Waals surface area (Å²) in [5, 5.41) is 20.5. The topological polar surface area (TPSA) is 114 Å². The SMILES string of the molecule is CCN(CCNc1cnc(C#N)cn1)c1cnc(C#N)cn1. The summed E-state index contributed by atoms with van der Waals surface area (Å²) in [6.07, 6.45) is 5.99. The Morgan fingerprint density at radius 1 is 1.00 bits per heavy atom. The van der Waals surface area contributed by atoms with Crippen LogP contribution in [0.25, 0.3) is 0 Å². The molecule has 0 aliphatic carbocycles.